The van der Waals surface area contributed by atoms with E-state index >= 15 is 0 Å². The van der Waals surface area contributed by atoms with Crippen molar-refractivity contribution in [3.63, 3.8) is 0 Å². The Morgan fingerprint density at radius 1 is 1.25 bits per heavy atom. The molecule has 1 fully saturated rings. The van der Waals surface area contributed by atoms with Crippen LogP contribution in [0.25, 0.3) is 0 Å². The SMILES string of the molecule is O=C(c1ccc(Br)cc1)C1CC1. The predicted molar refractivity (Wildman–Crippen MR) is 51.2 cm³/mol. The van der Waals surface area contributed by atoms with Crippen molar-refractivity contribution in [3.05, 3.63) is 34.3 Å². The van der Waals surface area contributed by atoms with E-state index in [1.165, 1.54) is 0 Å². The van der Waals surface area contributed by atoms with E-state index in [1.54, 1.807) is 0 Å². The molecule has 0 bridgehead atoms. The molecule has 12 heavy (non-hydrogen) atoms. The molecule has 2 rings (SSSR count). The third-order valence-electron chi connectivity index (χ3n) is 2.08. The lowest BCUT2D eigenvalue weighted by Crippen LogP contribution is -1.99. The molecular weight excluding hydrogens is 216 g/mol. The molecule has 0 N–H and O–H groups in total. The maximum atomic E-state index is 11.5. The summed E-state index contributed by atoms with van der Waals surface area (Å²) >= 11 is 3.34. The van der Waals surface area contributed by atoms with Gasteiger partial charge >= 0.3 is 0 Å². The van der Waals surface area contributed by atoms with E-state index in [0.717, 1.165) is 22.9 Å². The van der Waals surface area contributed by atoms with Gasteiger partial charge in [-0.25, -0.2) is 0 Å². The largest absolute Gasteiger partial charge is 0.294 e. The van der Waals surface area contributed by atoms with Gasteiger partial charge in [0.1, 0.15) is 0 Å². The van der Waals surface area contributed by atoms with Crippen LogP contribution in [0.5, 0.6) is 0 Å². The molecule has 1 aromatic carbocycles. The van der Waals surface area contributed by atoms with Crippen LogP contribution in [-0.2, 0) is 0 Å². The minimum Gasteiger partial charge on any atom is -0.294 e. The van der Waals surface area contributed by atoms with E-state index in [4.69, 9.17) is 0 Å². The maximum absolute atomic E-state index is 11.5. The van der Waals surface area contributed by atoms with Gasteiger partial charge in [0.2, 0.25) is 0 Å². The second-order valence-corrected chi connectivity index (χ2v) is 4.06. The normalized spacial score (nSPS) is 16.1. The maximum Gasteiger partial charge on any atom is 0.165 e. The van der Waals surface area contributed by atoms with Crippen LogP contribution >= 0.6 is 15.9 Å². The summed E-state index contributed by atoms with van der Waals surface area (Å²) in [4.78, 5) is 11.5. The van der Waals surface area contributed by atoms with E-state index in [0.29, 0.717) is 11.7 Å². The summed E-state index contributed by atoms with van der Waals surface area (Å²) in [6.07, 6.45) is 2.16. The van der Waals surface area contributed by atoms with Crippen molar-refractivity contribution in [2.24, 2.45) is 5.92 Å². The van der Waals surface area contributed by atoms with E-state index in [1.807, 2.05) is 24.3 Å². The number of carbonyl (C=O) groups excluding carboxylic acids is 1. The van der Waals surface area contributed by atoms with Gasteiger partial charge in [0, 0.05) is 16.0 Å². The fourth-order valence-corrected chi connectivity index (χ4v) is 1.46. The third kappa shape index (κ3) is 1.58. The molecule has 1 saturated carbocycles. The first-order valence-electron chi connectivity index (χ1n) is 4.07. The minimum atomic E-state index is 0.308. The molecule has 0 aromatic heterocycles. The van der Waals surface area contributed by atoms with Gasteiger partial charge in [0.05, 0.1) is 0 Å². The first-order valence-corrected chi connectivity index (χ1v) is 4.86. The lowest BCUT2D eigenvalue weighted by Gasteiger charge is -1.97. The molecule has 0 atom stereocenters. The van der Waals surface area contributed by atoms with Gasteiger partial charge in [0.25, 0.3) is 0 Å². The Morgan fingerprint density at radius 2 is 1.83 bits per heavy atom. The fraction of sp³-hybridized carbons (Fsp3) is 0.300. The van der Waals surface area contributed by atoms with Crippen LogP contribution < -0.4 is 0 Å². The number of Topliss-reactive ketones (excluding diaryl/α,β-unsaturated/α-hetero) is 1. The zero-order valence-corrected chi connectivity index (χ0v) is 8.17. The third-order valence-corrected chi connectivity index (χ3v) is 2.61. The lowest BCUT2D eigenvalue weighted by molar-refractivity contribution is 0.0967. The first kappa shape index (κ1) is 7.99. The van der Waals surface area contributed by atoms with Gasteiger partial charge in [-0.2, -0.15) is 0 Å². The van der Waals surface area contributed by atoms with Gasteiger partial charge in [0.15, 0.2) is 5.78 Å². The number of rotatable bonds is 2. The summed E-state index contributed by atoms with van der Waals surface area (Å²) < 4.78 is 1.02. The monoisotopic (exact) mass is 224 g/mol. The number of carbonyl (C=O) groups is 1. The highest BCUT2D eigenvalue weighted by Crippen LogP contribution is 2.32. The average Bonchev–Trinajstić information content (AvgIpc) is 2.87. The Labute approximate surface area is 79.9 Å². The van der Waals surface area contributed by atoms with Gasteiger partial charge in [-0.05, 0) is 25.0 Å². The predicted octanol–water partition coefficient (Wildman–Crippen LogP) is 3.04. The molecule has 1 aliphatic carbocycles. The van der Waals surface area contributed by atoms with E-state index in [2.05, 4.69) is 15.9 Å². The molecule has 1 aromatic rings. The Bertz CT molecular complexity index is 298. The quantitative estimate of drug-likeness (QED) is 0.707. The molecule has 0 spiro atoms. The summed E-state index contributed by atoms with van der Waals surface area (Å²) in [6, 6.07) is 7.58. The van der Waals surface area contributed by atoms with Crippen molar-refractivity contribution in [2.45, 2.75) is 12.8 Å². The molecule has 2 heteroatoms. The zero-order valence-electron chi connectivity index (χ0n) is 6.59. The molecule has 0 aliphatic heterocycles. The van der Waals surface area contributed by atoms with Gasteiger partial charge in [-0.1, -0.05) is 28.1 Å². The number of hydrogen-bond donors (Lipinski definition) is 0. The smallest absolute Gasteiger partial charge is 0.165 e. The van der Waals surface area contributed by atoms with Crippen LogP contribution in [-0.4, -0.2) is 5.78 Å². The molecule has 0 saturated heterocycles. The zero-order chi connectivity index (χ0) is 8.55. The van der Waals surface area contributed by atoms with Crippen LogP contribution in [0.1, 0.15) is 23.2 Å². The Hall–Kier alpha value is -0.630. The molecular formula is C10H9BrO. The highest BCUT2D eigenvalue weighted by Gasteiger charge is 2.30. The second kappa shape index (κ2) is 3.02. The Kier molecular flexibility index (Phi) is 2.01. The summed E-state index contributed by atoms with van der Waals surface area (Å²) in [5.41, 5.74) is 0.848. The van der Waals surface area contributed by atoms with Crippen molar-refractivity contribution in [2.75, 3.05) is 0 Å². The Balaban J connectivity index is 2.22. The van der Waals surface area contributed by atoms with E-state index in [9.17, 15) is 4.79 Å². The van der Waals surface area contributed by atoms with E-state index in [-0.39, 0.29) is 0 Å². The second-order valence-electron chi connectivity index (χ2n) is 3.15. The van der Waals surface area contributed by atoms with Crippen molar-refractivity contribution in [1.29, 1.82) is 0 Å². The number of ketones is 1. The van der Waals surface area contributed by atoms with Crippen molar-refractivity contribution in [1.82, 2.24) is 0 Å². The molecule has 0 heterocycles. The standard InChI is InChI=1S/C10H9BrO/c11-9-5-3-8(4-6-9)10(12)7-1-2-7/h3-7H,1-2H2. The highest BCUT2D eigenvalue weighted by molar-refractivity contribution is 9.10. The Morgan fingerprint density at radius 3 is 2.33 bits per heavy atom. The minimum absolute atomic E-state index is 0.308. The van der Waals surface area contributed by atoms with Crippen LogP contribution in [0.2, 0.25) is 0 Å². The topological polar surface area (TPSA) is 17.1 Å². The first-order chi connectivity index (χ1) is 5.77. The van der Waals surface area contributed by atoms with Crippen molar-refractivity contribution >= 4 is 21.7 Å². The van der Waals surface area contributed by atoms with Crippen LogP contribution in [0.15, 0.2) is 28.7 Å². The fourth-order valence-electron chi connectivity index (χ4n) is 1.20. The molecule has 0 unspecified atom stereocenters. The molecule has 0 amide bonds. The van der Waals surface area contributed by atoms with Crippen LogP contribution in [0, 0.1) is 5.92 Å². The van der Waals surface area contributed by atoms with Gasteiger partial charge in [-0.3, -0.25) is 4.79 Å². The number of hydrogen-bond acceptors (Lipinski definition) is 1. The summed E-state index contributed by atoms with van der Waals surface area (Å²) in [7, 11) is 0. The molecule has 1 aliphatic rings. The summed E-state index contributed by atoms with van der Waals surface area (Å²) in [5, 5.41) is 0. The van der Waals surface area contributed by atoms with E-state index < -0.39 is 0 Å². The molecule has 0 radical (unpaired) electrons. The average molecular weight is 225 g/mol. The van der Waals surface area contributed by atoms with Gasteiger partial charge < -0.3 is 0 Å². The summed E-state index contributed by atoms with van der Waals surface area (Å²) in [6.45, 7) is 0. The van der Waals surface area contributed by atoms with Crippen molar-refractivity contribution in [3.8, 4) is 0 Å². The van der Waals surface area contributed by atoms with Crippen LogP contribution in [0.4, 0.5) is 0 Å². The summed E-state index contributed by atoms with van der Waals surface area (Å²) in [5.74, 6) is 0.633. The van der Waals surface area contributed by atoms with Gasteiger partial charge in [-0.15, -0.1) is 0 Å². The lowest BCUT2D eigenvalue weighted by atomic mass is 10.1. The number of halogens is 1. The molecule has 62 valence electrons. The highest BCUT2D eigenvalue weighted by atomic mass is 79.9. The number of benzene rings is 1. The van der Waals surface area contributed by atoms with Crippen molar-refractivity contribution < 1.29 is 4.79 Å². The van der Waals surface area contributed by atoms with Crippen LogP contribution in [0.3, 0.4) is 0 Å². The molecule has 1 nitrogen and oxygen atoms in total.